The molecule has 6 atom stereocenters. The zero-order chi connectivity index (χ0) is 15.5. The Hall–Kier alpha value is -0.770. The first-order chi connectivity index (χ1) is 9.30. The third-order valence-corrected chi connectivity index (χ3v) is 3.61. The number of hydrogen-bond acceptors (Lipinski definition) is 8. The van der Waals surface area contributed by atoms with Gasteiger partial charge in [-0.1, -0.05) is 6.92 Å². The number of hydrogen-bond donors (Lipinski definition) is 4. The fourth-order valence-corrected chi connectivity index (χ4v) is 2.34. The van der Waals surface area contributed by atoms with Crippen LogP contribution >= 0.6 is 0 Å². The zero-order valence-corrected chi connectivity index (χ0v) is 11.7. The number of ether oxygens (including phenoxy) is 3. The van der Waals surface area contributed by atoms with E-state index in [1.165, 1.54) is 7.11 Å². The number of carbonyl (C=O) groups excluding carboxylic acids is 1. The molecule has 0 aliphatic carbocycles. The second kappa shape index (κ2) is 6.79. The van der Waals surface area contributed by atoms with Crippen molar-refractivity contribution >= 4 is 5.97 Å². The third-order valence-electron chi connectivity index (χ3n) is 3.61. The molecule has 0 saturated carbocycles. The van der Waals surface area contributed by atoms with Gasteiger partial charge in [0, 0.05) is 19.4 Å². The molecule has 1 aliphatic rings. The van der Waals surface area contributed by atoms with Crippen LogP contribution < -0.4 is 0 Å². The number of methoxy groups -OCH3 is 2. The van der Waals surface area contributed by atoms with Gasteiger partial charge in [0.25, 0.3) is 5.79 Å². The summed E-state index contributed by atoms with van der Waals surface area (Å²) in [6, 6.07) is 0. The highest BCUT2D eigenvalue weighted by Crippen LogP contribution is 2.35. The van der Waals surface area contributed by atoms with Crippen LogP contribution in [0.1, 0.15) is 13.3 Å². The Bertz CT molecular complexity index is 335. The molecule has 0 amide bonds. The first kappa shape index (κ1) is 17.3. The van der Waals surface area contributed by atoms with Crippen molar-refractivity contribution in [2.24, 2.45) is 5.92 Å². The van der Waals surface area contributed by atoms with Crippen LogP contribution in [0.2, 0.25) is 0 Å². The molecule has 0 aromatic rings. The lowest BCUT2D eigenvalue weighted by molar-refractivity contribution is -0.305. The lowest BCUT2D eigenvalue weighted by Crippen LogP contribution is -2.60. The Morgan fingerprint density at radius 1 is 1.50 bits per heavy atom. The van der Waals surface area contributed by atoms with E-state index in [1.54, 1.807) is 6.92 Å². The van der Waals surface area contributed by atoms with E-state index in [0.717, 1.165) is 7.11 Å². The predicted molar refractivity (Wildman–Crippen MR) is 65.5 cm³/mol. The minimum Gasteiger partial charge on any atom is -0.465 e. The van der Waals surface area contributed by atoms with Gasteiger partial charge in [-0.05, 0) is 0 Å². The summed E-state index contributed by atoms with van der Waals surface area (Å²) in [5.41, 5.74) is 0. The maximum absolute atomic E-state index is 11.6. The van der Waals surface area contributed by atoms with Crippen molar-refractivity contribution in [2.75, 3.05) is 20.8 Å². The molecule has 1 fully saturated rings. The summed E-state index contributed by atoms with van der Waals surface area (Å²) in [5.74, 6) is -3.87. The van der Waals surface area contributed by atoms with Crippen LogP contribution in [-0.4, -0.2) is 77.4 Å². The zero-order valence-electron chi connectivity index (χ0n) is 11.7. The molecule has 1 heterocycles. The smallest absolute Gasteiger partial charge is 0.366 e. The van der Waals surface area contributed by atoms with E-state index >= 15 is 0 Å². The maximum Gasteiger partial charge on any atom is 0.366 e. The molecule has 0 aromatic carbocycles. The van der Waals surface area contributed by atoms with Crippen LogP contribution in [0.5, 0.6) is 0 Å². The Labute approximate surface area is 116 Å². The number of esters is 1. The Kier molecular flexibility index (Phi) is 5.87. The monoisotopic (exact) mass is 294 g/mol. The average molecular weight is 294 g/mol. The largest absolute Gasteiger partial charge is 0.465 e. The Balaban J connectivity index is 3.01. The third kappa shape index (κ3) is 3.27. The number of carbonyl (C=O) groups is 1. The van der Waals surface area contributed by atoms with Gasteiger partial charge < -0.3 is 34.6 Å². The molecule has 1 saturated heterocycles. The van der Waals surface area contributed by atoms with Crippen molar-refractivity contribution in [1.29, 1.82) is 0 Å². The molecule has 0 bridgehead atoms. The van der Waals surface area contributed by atoms with Gasteiger partial charge in [0.2, 0.25) is 0 Å². The summed E-state index contributed by atoms with van der Waals surface area (Å²) in [4.78, 5) is 11.6. The van der Waals surface area contributed by atoms with E-state index in [-0.39, 0.29) is 6.42 Å². The summed E-state index contributed by atoms with van der Waals surface area (Å²) >= 11 is 0. The van der Waals surface area contributed by atoms with Crippen molar-refractivity contribution < 1.29 is 39.4 Å². The topological polar surface area (TPSA) is 126 Å². The van der Waals surface area contributed by atoms with Crippen molar-refractivity contribution in [2.45, 2.75) is 43.5 Å². The molecule has 118 valence electrons. The van der Waals surface area contributed by atoms with Crippen LogP contribution in [0.3, 0.4) is 0 Å². The van der Waals surface area contributed by atoms with Gasteiger partial charge in [-0.15, -0.1) is 0 Å². The van der Waals surface area contributed by atoms with Crippen LogP contribution in [0.25, 0.3) is 0 Å². The van der Waals surface area contributed by atoms with Crippen molar-refractivity contribution in [3.05, 3.63) is 0 Å². The van der Waals surface area contributed by atoms with E-state index in [9.17, 15) is 20.1 Å². The molecule has 1 rings (SSSR count). The summed E-state index contributed by atoms with van der Waals surface area (Å²) in [6.07, 6.45) is -4.68. The van der Waals surface area contributed by atoms with Crippen LogP contribution in [0.15, 0.2) is 0 Å². The summed E-state index contributed by atoms with van der Waals surface area (Å²) < 4.78 is 14.8. The summed E-state index contributed by atoms with van der Waals surface area (Å²) in [6.45, 7) is 1.04. The van der Waals surface area contributed by atoms with Gasteiger partial charge in [0.05, 0.1) is 25.9 Å². The van der Waals surface area contributed by atoms with E-state index in [4.69, 9.17) is 14.6 Å². The maximum atomic E-state index is 11.6. The summed E-state index contributed by atoms with van der Waals surface area (Å²) in [7, 11) is 2.37. The molecule has 0 spiro atoms. The van der Waals surface area contributed by atoms with Gasteiger partial charge in [-0.2, -0.15) is 0 Å². The fourth-order valence-electron chi connectivity index (χ4n) is 2.34. The first-order valence-electron chi connectivity index (χ1n) is 6.29. The molecule has 0 radical (unpaired) electrons. The molecular weight excluding hydrogens is 272 g/mol. The number of rotatable bonds is 5. The van der Waals surface area contributed by atoms with Gasteiger partial charge in [0.1, 0.15) is 12.2 Å². The molecule has 4 N–H and O–H groups in total. The highest BCUT2D eigenvalue weighted by molar-refractivity contribution is 5.77. The molecule has 0 aromatic heterocycles. The minimum absolute atomic E-state index is 0.344. The lowest BCUT2D eigenvalue weighted by Gasteiger charge is -2.44. The van der Waals surface area contributed by atoms with Gasteiger partial charge in [-0.3, -0.25) is 0 Å². The molecule has 1 aliphatic heterocycles. The van der Waals surface area contributed by atoms with Crippen molar-refractivity contribution in [3.8, 4) is 0 Å². The fraction of sp³-hybridized carbons (Fsp3) is 0.917. The highest BCUT2D eigenvalue weighted by Gasteiger charge is 2.52. The SMILES string of the molecule is COC(=O)C1(O)C[C@H](O)[C@@H](C)[C@H]([C@H](OC)[C@H](O)CO)O1. The van der Waals surface area contributed by atoms with E-state index in [0.29, 0.717) is 0 Å². The van der Waals surface area contributed by atoms with Crippen molar-refractivity contribution in [3.63, 3.8) is 0 Å². The molecular formula is C12H22O8. The van der Waals surface area contributed by atoms with E-state index in [1.807, 2.05) is 0 Å². The van der Waals surface area contributed by atoms with E-state index in [2.05, 4.69) is 4.74 Å². The van der Waals surface area contributed by atoms with Crippen LogP contribution in [-0.2, 0) is 19.0 Å². The second-order valence-corrected chi connectivity index (χ2v) is 4.94. The van der Waals surface area contributed by atoms with E-state index < -0.39 is 48.7 Å². The van der Waals surface area contributed by atoms with Crippen LogP contribution in [0, 0.1) is 5.92 Å². The van der Waals surface area contributed by atoms with Gasteiger partial charge >= 0.3 is 5.97 Å². The van der Waals surface area contributed by atoms with Crippen molar-refractivity contribution in [1.82, 2.24) is 0 Å². The molecule has 20 heavy (non-hydrogen) atoms. The number of aliphatic hydroxyl groups excluding tert-OH is 3. The summed E-state index contributed by atoms with van der Waals surface area (Å²) in [5, 5.41) is 38.8. The first-order valence-corrected chi connectivity index (χ1v) is 6.29. The number of aliphatic hydroxyl groups is 4. The standard InChI is InChI=1S/C12H22O8/c1-6-7(14)4-12(17,11(16)19-3)20-9(6)10(18-2)8(15)5-13/h6-10,13-15,17H,4-5H2,1-3H3/t6-,7+,8-,9-,10-,12?/m1/s1. The minimum atomic E-state index is -2.31. The van der Waals surface area contributed by atoms with Crippen LogP contribution in [0.4, 0.5) is 0 Å². The predicted octanol–water partition coefficient (Wildman–Crippen LogP) is -2.00. The normalized spacial score (nSPS) is 37.2. The Morgan fingerprint density at radius 3 is 2.55 bits per heavy atom. The molecule has 8 heteroatoms. The lowest BCUT2D eigenvalue weighted by atomic mass is 9.84. The highest BCUT2D eigenvalue weighted by atomic mass is 16.7. The second-order valence-electron chi connectivity index (χ2n) is 4.94. The molecule has 1 unspecified atom stereocenters. The quantitative estimate of drug-likeness (QED) is 0.429. The average Bonchev–Trinajstić information content (AvgIpc) is 2.43. The Morgan fingerprint density at radius 2 is 2.10 bits per heavy atom. The molecule has 8 nitrogen and oxygen atoms in total. The van der Waals surface area contributed by atoms with Gasteiger partial charge in [-0.25, -0.2) is 4.79 Å². The van der Waals surface area contributed by atoms with Gasteiger partial charge in [0.15, 0.2) is 0 Å².